The van der Waals surface area contributed by atoms with Gasteiger partial charge in [0.2, 0.25) is 18.5 Å². The number of aliphatic hydroxyl groups excluding tert-OH is 2. The van der Waals surface area contributed by atoms with Gasteiger partial charge in [-0.2, -0.15) is 0 Å². The molecule has 4 rings (SSSR count). The van der Waals surface area contributed by atoms with E-state index in [1.807, 2.05) is 12.1 Å². The predicted octanol–water partition coefficient (Wildman–Crippen LogP) is 1.94. The van der Waals surface area contributed by atoms with Crippen molar-refractivity contribution < 1.29 is 38.8 Å². The summed E-state index contributed by atoms with van der Waals surface area (Å²) in [5.74, 6) is -0.240. The molecule has 0 saturated heterocycles. The number of para-hydroxylation sites is 1. The van der Waals surface area contributed by atoms with E-state index in [-0.39, 0.29) is 44.9 Å². The molecule has 2 aromatic carbocycles. The number of nitrogens with one attached hydrogen (secondary N) is 1. The minimum Gasteiger partial charge on any atom is -0.482 e. The second kappa shape index (κ2) is 12.6. The van der Waals surface area contributed by atoms with Gasteiger partial charge in [-0.25, -0.2) is 0 Å². The van der Waals surface area contributed by atoms with Gasteiger partial charge in [-0.3, -0.25) is 14.4 Å². The lowest BCUT2D eigenvalue weighted by atomic mass is 9.87. The Kier molecular flexibility index (Phi) is 9.23. The molecular weight excluding hydrogens is 607 g/mol. The Bertz CT molecular complexity index is 1230. The first-order valence-electron chi connectivity index (χ1n) is 12.2. The van der Waals surface area contributed by atoms with E-state index in [9.17, 15) is 19.5 Å². The van der Waals surface area contributed by atoms with Crippen LogP contribution in [0.1, 0.15) is 25.3 Å². The summed E-state index contributed by atoms with van der Waals surface area (Å²) in [5.41, 5.74) is 0.937. The van der Waals surface area contributed by atoms with E-state index in [0.29, 0.717) is 22.8 Å². The van der Waals surface area contributed by atoms with E-state index < -0.39 is 35.8 Å². The van der Waals surface area contributed by atoms with Crippen molar-refractivity contribution in [3.05, 3.63) is 63.2 Å². The third-order valence-corrected chi connectivity index (χ3v) is 7.22. The van der Waals surface area contributed by atoms with Crippen LogP contribution in [0.15, 0.2) is 54.1 Å². The van der Waals surface area contributed by atoms with Crippen molar-refractivity contribution in [2.75, 3.05) is 19.9 Å². The van der Waals surface area contributed by atoms with Gasteiger partial charge in [0.05, 0.1) is 16.2 Å². The van der Waals surface area contributed by atoms with Crippen LogP contribution in [0.4, 0.5) is 0 Å². The molecule has 38 heavy (non-hydrogen) atoms. The third-order valence-electron chi connectivity index (χ3n) is 6.32. The number of benzene rings is 2. The van der Waals surface area contributed by atoms with Crippen LogP contribution >= 0.6 is 22.6 Å². The quantitative estimate of drug-likeness (QED) is 0.266. The van der Waals surface area contributed by atoms with Gasteiger partial charge in [0, 0.05) is 31.5 Å². The topological polar surface area (TPSA) is 135 Å². The fraction of sp³-hybridized carbons (Fsp3) is 0.370. The number of Topliss-reactive ketones (excluding diaryl/α,β-unsaturated/α-hetero) is 1. The number of rotatable bonds is 10. The summed E-state index contributed by atoms with van der Waals surface area (Å²) in [4.78, 5) is 40.1. The molecule has 0 radical (unpaired) electrons. The second-order valence-corrected chi connectivity index (χ2v) is 10.0. The number of ketones is 1. The molecule has 1 aliphatic heterocycles. The first-order valence-corrected chi connectivity index (χ1v) is 13.3. The lowest BCUT2D eigenvalue weighted by molar-refractivity contribution is -0.149. The van der Waals surface area contributed by atoms with Crippen molar-refractivity contribution in [2.24, 2.45) is 0 Å². The summed E-state index contributed by atoms with van der Waals surface area (Å²) in [6.45, 7) is 1.47. The lowest BCUT2D eigenvalue weighted by Gasteiger charge is -2.40. The molecule has 3 N–H and O–H groups in total. The van der Waals surface area contributed by atoms with Crippen molar-refractivity contribution in [3.8, 4) is 17.2 Å². The Morgan fingerprint density at radius 2 is 1.92 bits per heavy atom. The number of hydrogen-bond donors (Lipinski definition) is 3. The van der Waals surface area contributed by atoms with Gasteiger partial charge >= 0.3 is 0 Å². The fourth-order valence-electron chi connectivity index (χ4n) is 4.35. The smallest absolute Gasteiger partial charge is 0.290 e. The summed E-state index contributed by atoms with van der Waals surface area (Å²) in [6.07, 6.45) is -0.730. The Hall–Kier alpha value is -3.16. The summed E-state index contributed by atoms with van der Waals surface area (Å²) in [7, 11) is 0. The summed E-state index contributed by atoms with van der Waals surface area (Å²) >= 11 is 2.11. The van der Waals surface area contributed by atoms with Gasteiger partial charge in [-0.1, -0.05) is 25.1 Å². The van der Waals surface area contributed by atoms with Gasteiger partial charge in [-0.15, -0.1) is 0 Å². The molecule has 0 fully saturated rings. The average Bonchev–Trinajstić information content (AvgIpc) is 3.40. The van der Waals surface area contributed by atoms with Crippen LogP contribution in [0.5, 0.6) is 17.2 Å². The number of amides is 2. The summed E-state index contributed by atoms with van der Waals surface area (Å²) in [5, 5.41) is 23.2. The highest BCUT2D eigenvalue weighted by Crippen LogP contribution is 2.34. The van der Waals surface area contributed by atoms with Gasteiger partial charge in [-0.05, 0) is 58.5 Å². The molecule has 0 unspecified atom stereocenters. The van der Waals surface area contributed by atoms with Crippen LogP contribution < -0.4 is 19.5 Å². The minimum absolute atomic E-state index is 0.00985. The monoisotopic (exact) mass is 636 g/mol. The highest BCUT2D eigenvalue weighted by Gasteiger charge is 2.41. The molecule has 1 heterocycles. The minimum atomic E-state index is -1.25. The molecule has 2 aliphatic rings. The van der Waals surface area contributed by atoms with E-state index >= 15 is 0 Å². The molecule has 3 atom stereocenters. The van der Waals surface area contributed by atoms with Crippen LogP contribution in [0, 0.1) is 3.57 Å². The Labute approximate surface area is 233 Å². The van der Waals surface area contributed by atoms with Crippen molar-refractivity contribution in [1.29, 1.82) is 0 Å². The van der Waals surface area contributed by atoms with E-state index in [2.05, 4.69) is 27.9 Å². The van der Waals surface area contributed by atoms with Crippen molar-refractivity contribution in [3.63, 3.8) is 0 Å². The van der Waals surface area contributed by atoms with Crippen LogP contribution in [-0.2, 0) is 20.9 Å². The number of hydrogen-bond acceptors (Lipinski definition) is 8. The molecule has 1 aliphatic carbocycles. The average molecular weight is 636 g/mol. The number of aliphatic hydroxyl groups is 2. The Morgan fingerprint density at radius 1 is 1.16 bits per heavy atom. The third kappa shape index (κ3) is 6.27. The summed E-state index contributed by atoms with van der Waals surface area (Å²) < 4.78 is 17.7. The number of nitrogens with zero attached hydrogens (tertiary/aromatic N) is 1. The van der Waals surface area contributed by atoms with Crippen LogP contribution in [0.25, 0.3) is 0 Å². The Balaban J connectivity index is 1.69. The first-order chi connectivity index (χ1) is 18.3. The number of ether oxygens (including phenoxy) is 3. The molecule has 10 nitrogen and oxygen atoms in total. The molecule has 2 amide bonds. The second-order valence-electron chi connectivity index (χ2n) is 8.84. The standard InChI is InChI=1S/C27H29IN2O8/c1-2-20(32)27(35)30(14-16-7-8-22-23(11-16)37-15-36-22)19-12-17(26(34)29-9-10-31)13-24(25(19)33)38-21-6-4-3-5-18(21)28/h3-8,11,13,19,24-25,31,33H,2,9-10,12,14-15H2,1H3,(H,29,34)/t19-,24+,25+/m1/s1. The fourth-order valence-corrected chi connectivity index (χ4v) is 4.87. The molecule has 0 saturated carbocycles. The Morgan fingerprint density at radius 3 is 2.66 bits per heavy atom. The zero-order chi connectivity index (χ0) is 27.2. The molecular formula is C27H29IN2O8. The molecule has 11 heteroatoms. The highest BCUT2D eigenvalue weighted by atomic mass is 127. The molecule has 0 aromatic heterocycles. The first kappa shape index (κ1) is 27.9. The number of carbonyl (C=O) groups is 3. The van der Waals surface area contributed by atoms with Crippen molar-refractivity contribution >= 4 is 40.2 Å². The zero-order valence-corrected chi connectivity index (χ0v) is 22.9. The number of fused-ring (bicyclic) bond motifs is 1. The summed E-state index contributed by atoms with van der Waals surface area (Å²) in [6, 6.07) is 11.5. The predicted molar refractivity (Wildman–Crippen MR) is 145 cm³/mol. The lowest BCUT2D eigenvalue weighted by Crippen LogP contribution is -2.56. The maximum atomic E-state index is 13.3. The maximum Gasteiger partial charge on any atom is 0.290 e. The van der Waals surface area contributed by atoms with E-state index in [1.165, 1.54) is 11.0 Å². The largest absolute Gasteiger partial charge is 0.482 e. The normalized spacial score (nSPS) is 19.9. The SMILES string of the molecule is CCC(=O)C(=O)N(Cc1ccc2c(c1)OCO2)[C@@H]1CC(C(=O)NCCO)=C[C@H](Oc2ccccc2I)[C@H]1O. The van der Waals surface area contributed by atoms with Crippen LogP contribution in [-0.4, -0.2) is 70.9 Å². The number of halogens is 1. The molecule has 2 aromatic rings. The van der Waals surface area contributed by atoms with Crippen molar-refractivity contribution in [1.82, 2.24) is 10.2 Å². The van der Waals surface area contributed by atoms with E-state index in [4.69, 9.17) is 19.3 Å². The maximum absolute atomic E-state index is 13.3. The van der Waals surface area contributed by atoms with E-state index in [0.717, 1.165) is 3.57 Å². The van der Waals surface area contributed by atoms with Crippen LogP contribution in [0.3, 0.4) is 0 Å². The van der Waals surface area contributed by atoms with Gasteiger partial charge < -0.3 is 34.6 Å². The van der Waals surface area contributed by atoms with Gasteiger partial charge in [0.25, 0.3) is 5.91 Å². The molecule has 0 spiro atoms. The highest BCUT2D eigenvalue weighted by molar-refractivity contribution is 14.1. The van der Waals surface area contributed by atoms with Gasteiger partial charge in [0.15, 0.2) is 11.5 Å². The van der Waals surface area contributed by atoms with Crippen LogP contribution in [0.2, 0.25) is 0 Å². The van der Waals surface area contributed by atoms with Gasteiger partial charge in [0.1, 0.15) is 18.0 Å². The molecule has 202 valence electrons. The number of carbonyl (C=O) groups excluding carboxylic acids is 3. The van der Waals surface area contributed by atoms with E-state index in [1.54, 1.807) is 37.3 Å². The zero-order valence-electron chi connectivity index (χ0n) is 20.8. The van der Waals surface area contributed by atoms with Crippen molar-refractivity contribution in [2.45, 2.75) is 44.6 Å². The molecule has 0 bridgehead atoms.